The maximum atomic E-state index is 12.4. The van der Waals surface area contributed by atoms with Crippen molar-refractivity contribution < 1.29 is 26.9 Å². The molecule has 26 heavy (non-hydrogen) atoms. The summed E-state index contributed by atoms with van der Waals surface area (Å²) < 4.78 is 40.9. The Kier molecular flexibility index (Phi) is 5.99. The van der Waals surface area contributed by atoms with Gasteiger partial charge < -0.3 is 14.4 Å². The molecule has 0 radical (unpaired) electrons. The molecule has 1 amide bonds. The molecule has 1 heterocycles. The number of carbonyl (C=O) groups is 1. The van der Waals surface area contributed by atoms with E-state index < -0.39 is 27.4 Å². The summed E-state index contributed by atoms with van der Waals surface area (Å²) >= 11 is 0. The lowest BCUT2D eigenvalue weighted by Crippen LogP contribution is -2.43. The molecule has 0 bridgehead atoms. The van der Waals surface area contributed by atoms with Crippen LogP contribution >= 0.6 is 0 Å². The molecule has 0 N–H and O–H groups in total. The van der Waals surface area contributed by atoms with Crippen LogP contribution in [0.2, 0.25) is 0 Å². The zero-order valence-corrected chi connectivity index (χ0v) is 16.8. The average Bonchev–Trinajstić information content (AvgIpc) is 2.97. The zero-order chi connectivity index (χ0) is 19.6. The smallest absolute Gasteiger partial charge is 0.410 e. The Bertz CT molecular complexity index is 738. The highest BCUT2D eigenvalue weighted by molar-refractivity contribution is 7.86. The van der Waals surface area contributed by atoms with Gasteiger partial charge in [-0.2, -0.15) is 8.42 Å². The predicted octanol–water partition coefficient (Wildman–Crippen LogP) is 2.73. The maximum absolute atomic E-state index is 12.4. The average molecular weight is 385 g/mol. The molecule has 1 unspecified atom stereocenters. The first kappa shape index (κ1) is 20.7. The van der Waals surface area contributed by atoms with Gasteiger partial charge in [0.15, 0.2) is 0 Å². The third-order valence-corrected chi connectivity index (χ3v) is 5.47. The Labute approximate surface area is 155 Å². The van der Waals surface area contributed by atoms with Crippen LogP contribution in [0, 0.1) is 6.92 Å². The Morgan fingerprint density at radius 2 is 1.85 bits per heavy atom. The number of carbonyl (C=O) groups excluding carboxylic acids is 1. The highest BCUT2D eigenvalue weighted by Crippen LogP contribution is 2.28. The van der Waals surface area contributed by atoms with Crippen molar-refractivity contribution in [1.29, 1.82) is 0 Å². The molecule has 1 fully saturated rings. The largest absolute Gasteiger partial charge is 0.444 e. The first-order chi connectivity index (χ1) is 12.0. The van der Waals surface area contributed by atoms with Gasteiger partial charge in [0.25, 0.3) is 10.1 Å². The van der Waals surface area contributed by atoms with E-state index in [4.69, 9.17) is 13.7 Å². The van der Waals surface area contributed by atoms with Gasteiger partial charge in [-0.05, 0) is 46.2 Å². The molecule has 1 aromatic rings. The molecule has 8 heteroatoms. The quantitative estimate of drug-likeness (QED) is 0.725. The first-order valence-corrected chi connectivity index (χ1v) is 9.86. The fourth-order valence-electron chi connectivity index (χ4n) is 2.63. The summed E-state index contributed by atoms with van der Waals surface area (Å²) in [5, 5.41) is 0. The van der Waals surface area contributed by atoms with Gasteiger partial charge in [0.05, 0.1) is 18.0 Å². The summed E-state index contributed by atoms with van der Waals surface area (Å²) in [7, 11) is -2.41. The lowest BCUT2D eigenvalue weighted by atomic mass is 10.1. The van der Waals surface area contributed by atoms with E-state index in [1.807, 2.05) is 6.92 Å². The van der Waals surface area contributed by atoms with Crippen LogP contribution in [0.4, 0.5) is 4.79 Å². The van der Waals surface area contributed by atoms with Crippen LogP contribution in [-0.2, 0) is 23.8 Å². The highest BCUT2D eigenvalue weighted by Gasteiger charge is 2.43. The van der Waals surface area contributed by atoms with Gasteiger partial charge in [0, 0.05) is 13.7 Å². The Morgan fingerprint density at radius 1 is 1.23 bits per heavy atom. The molecule has 146 valence electrons. The van der Waals surface area contributed by atoms with Crippen molar-refractivity contribution in [3.05, 3.63) is 29.8 Å². The summed E-state index contributed by atoms with van der Waals surface area (Å²) in [5.41, 5.74) is -0.517. The standard InChI is InChI=1S/C18H27NO6S/c1-14-6-8-15(9-7-14)26(21,22)24-13-18(23-5)10-11-19(12-18)16(20)25-17(2,3)4/h6-9H,10-13H2,1-5H3. The van der Waals surface area contributed by atoms with Gasteiger partial charge in [-0.15, -0.1) is 0 Å². The topological polar surface area (TPSA) is 82.1 Å². The molecule has 1 saturated heterocycles. The molecule has 7 nitrogen and oxygen atoms in total. The van der Waals surface area contributed by atoms with E-state index in [1.165, 1.54) is 24.1 Å². The van der Waals surface area contributed by atoms with Crippen molar-refractivity contribution in [3.63, 3.8) is 0 Å². The highest BCUT2D eigenvalue weighted by atomic mass is 32.2. The Hall–Kier alpha value is -1.64. The molecule has 1 atom stereocenters. The number of amides is 1. The van der Waals surface area contributed by atoms with Gasteiger partial charge in [-0.25, -0.2) is 4.79 Å². The number of benzene rings is 1. The minimum absolute atomic E-state index is 0.0938. The second-order valence-corrected chi connectivity index (χ2v) is 9.18. The zero-order valence-electron chi connectivity index (χ0n) is 15.9. The molecule has 2 rings (SSSR count). The minimum Gasteiger partial charge on any atom is -0.444 e. The summed E-state index contributed by atoms with van der Waals surface area (Å²) in [6.45, 7) is 7.71. The summed E-state index contributed by atoms with van der Waals surface area (Å²) in [6, 6.07) is 6.43. The van der Waals surface area contributed by atoms with E-state index in [1.54, 1.807) is 32.9 Å². The Morgan fingerprint density at radius 3 is 2.38 bits per heavy atom. The third-order valence-electron chi connectivity index (χ3n) is 4.19. The molecular formula is C18H27NO6S. The van der Waals surface area contributed by atoms with Crippen LogP contribution in [0.15, 0.2) is 29.2 Å². The number of rotatable bonds is 5. The number of methoxy groups -OCH3 is 1. The van der Waals surface area contributed by atoms with Gasteiger partial charge >= 0.3 is 6.09 Å². The van der Waals surface area contributed by atoms with Crippen LogP contribution in [0.3, 0.4) is 0 Å². The van der Waals surface area contributed by atoms with Crippen LogP contribution in [0.5, 0.6) is 0 Å². The molecule has 0 saturated carbocycles. The normalized spacial score (nSPS) is 21.0. The van der Waals surface area contributed by atoms with Crippen molar-refractivity contribution in [3.8, 4) is 0 Å². The first-order valence-electron chi connectivity index (χ1n) is 8.46. The van der Waals surface area contributed by atoms with Crippen molar-refractivity contribution in [2.45, 2.75) is 50.2 Å². The second kappa shape index (κ2) is 7.54. The fraction of sp³-hybridized carbons (Fsp3) is 0.611. The number of aryl methyl sites for hydroxylation is 1. The summed E-state index contributed by atoms with van der Waals surface area (Å²) in [5.74, 6) is 0. The van der Waals surface area contributed by atoms with Gasteiger partial charge in [0.1, 0.15) is 11.2 Å². The van der Waals surface area contributed by atoms with Crippen LogP contribution in [0.25, 0.3) is 0 Å². The molecule has 0 aliphatic carbocycles. The van der Waals surface area contributed by atoms with E-state index in [-0.39, 0.29) is 18.0 Å². The van der Waals surface area contributed by atoms with Crippen molar-refractivity contribution in [2.75, 3.05) is 26.8 Å². The van der Waals surface area contributed by atoms with Crippen LogP contribution in [0.1, 0.15) is 32.8 Å². The summed E-state index contributed by atoms with van der Waals surface area (Å²) in [6.07, 6.45) is 0.0180. The second-order valence-electron chi connectivity index (χ2n) is 7.57. The lowest BCUT2D eigenvalue weighted by Gasteiger charge is -2.28. The molecule has 0 spiro atoms. The Balaban J connectivity index is 2.03. The molecule has 0 aromatic heterocycles. The van der Waals surface area contributed by atoms with Crippen molar-refractivity contribution in [1.82, 2.24) is 4.90 Å². The van der Waals surface area contributed by atoms with E-state index in [9.17, 15) is 13.2 Å². The fourth-order valence-corrected chi connectivity index (χ4v) is 3.60. The van der Waals surface area contributed by atoms with Gasteiger partial charge in [0.2, 0.25) is 0 Å². The van der Waals surface area contributed by atoms with Crippen LogP contribution < -0.4 is 0 Å². The minimum atomic E-state index is -3.89. The number of hydrogen-bond acceptors (Lipinski definition) is 6. The monoisotopic (exact) mass is 385 g/mol. The molecule has 1 aliphatic rings. The van der Waals surface area contributed by atoms with E-state index in [2.05, 4.69) is 0 Å². The van der Waals surface area contributed by atoms with Crippen LogP contribution in [-0.4, -0.2) is 57.4 Å². The van der Waals surface area contributed by atoms with Crippen molar-refractivity contribution in [2.24, 2.45) is 0 Å². The van der Waals surface area contributed by atoms with E-state index in [0.29, 0.717) is 13.0 Å². The number of hydrogen-bond donors (Lipinski definition) is 0. The molecule has 1 aliphatic heterocycles. The SMILES string of the molecule is COC1(COS(=O)(=O)c2ccc(C)cc2)CCN(C(=O)OC(C)(C)C)C1. The predicted molar refractivity (Wildman–Crippen MR) is 96.5 cm³/mol. The van der Waals surface area contributed by atoms with Gasteiger partial charge in [-0.1, -0.05) is 17.7 Å². The lowest BCUT2D eigenvalue weighted by molar-refractivity contribution is -0.0366. The number of nitrogens with zero attached hydrogens (tertiary/aromatic N) is 1. The summed E-state index contributed by atoms with van der Waals surface area (Å²) in [4.78, 5) is 13.8. The molecule has 1 aromatic carbocycles. The van der Waals surface area contributed by atoms with Crippen molar-refractivity contribution >= 4 is 16.2 Å². The third kappa shape index (κ3) is 5.18. The van der Waals surface area contributed by atoms with E-state index >= 15 is 0 Å². The number of likely N-dealkylation sites (tertiary alicyclic amines) is 1. The van der Waals surface area contributed by atoms with Gasteiger partial charge in [-0.3, -0.25) is 4.18 Å². The number of ether oxygens (including phenoxy) is 2. The molecular weight excluding hydrogens is 358 g/mol. The maximum Gasteiger partial charge on any atom is 0.410 e. The van der Waals surface area contributed by atoms with E-state index in [0.717, 1.165) is 5.56 Å².